The zero-order chi connectivity index (χ0) is 13.0. The second-order valence-corrected chi connectivity index (χ2v) is 4.51. The number of hydrogen-bond acceptors (Lipinski definition) is 2. The minimum absolute atomic E-state index is 0. The van der Waals surface area contributed by atoms with Crippen LogP contribution in [0.2, 0.25) is 0 Å². The molecule has 1 aromatic carbocycles. The van der Waals surface area contributed by atoms with Gasteiger partial charge in [-0.1, -0.05) is 6.07 Å². The molecule has 2 N–H and O–H groups in total. The number of piperidine rings is 1. The third kappa shape index (κ3) is 4.44. The Morgan fingerprint density at radius 3 is 2.79 bits per heavy atom. The van der Waals surface area contributed by atoms with Crippen molar-refractivity contribution >= 4 is 18.3 Å². The molecule has 1 heterocycles. The van der Waals surface area contributed by atoms with Crippen LogP contribution < -0.4 is 10.6 Å². The van der Waals surface area contributed by atoms with Crippen LogP contribution in [-0.2, 0) is 11.3 Å². The zero-order valence-corrected chi connectivity index (χ0v) is 11.2. The van der Waals surface area contributed by atoms with Gasteiger partial charge in [0.15, 0.2) is 11.6 Å². The lowest BCUT2D eigenvalue weighted by Crippen LogP contribution is -2.40. The number of carbonyl (C=O) groups excluding carboxylic acids is 1. The molecule has 2 rings (SSSR count). The highest BCUT2D eigenvalue weighted by molar-refractivity contribution is 5.85. The number of carbonyl (C=O) groups is 1. The van der Waals surface area contributed by atoms with E-state index in [9.17, 15) is 13.6 Å². The molecule has 0 aromatic heterocycles. The topological polar surface area (TPSA) is 41.1 Å². The highest BCUT2D eigenvalue weighted by atomic mass is 35.5. The lowest BCUT2D eigenvalue weighted by molar-refractivity contribution is -0.125. The molecule has 0 bridgehead atoms. The first kappa shape index (κ1) is 15.9. The van der Waals surface area contributed by atoms with E-state index < -0.39 is 11.6 Å². The molecule has 1 fully saturated rings. The molecule has 106 valence electrons. The van der Waals surface area contributed by atoms with Crippen molar-refractivity contribution in [2.75, 3.05) is 13.1 Å². The number of nitrogens with one attached hydrogen (secondary N) is 2. The molecule has 19 heavy (non-hydrogen) atoms. The molecule has 1 aliphatic rings. The molecule has 0 spiro atoms. The van der Waals surface area contributed by atoms with E-state index in [1.165, 1.54) is 6.07 Å². The molecule has 6 heteroatoms. The average molecular weight is 291 g/mol. The maximum Gasteiger partial charge on any atom is 0.224 e. The summed E-state index contributed by atoms with van der Waals surface area (Å²) >= 11 is 0. The van der Waals surface area contributed by atoms with Crippen LogP contribution in [0.4, 0.5) is 8.78 Å². The van der Waals surface area contributed by atoms with Gasteiger partial charge < -0.3 is 10.6 Å². The molecule has 0 radical (unpaired) electrons. The van der Waals surface area contributed by atoms with Crippen LogP contribution in [0.1, 0.15) is 18.4 Å². The van der Waals surface area contributed by atoms with E-state index in [1.54, 1.807) is 0 Å². The number of amides is 1. The van der Waals surface area contributed by atoms with E-state index in [4.69, 9.17) is 0 Å². The molecule has 1 unspecified atom stereocenters. The second kappa shape index (κ2) is 7.40. The van der Waals surface area contributed by atoms with Crippen LogP contribution in [0.5, 0.6) is 0 Å². The lowest BCUT2D eigenvalue weighted by Gasteiger charge is -2.21. The molecule has 0 saturated carbocycles. The Bertz CT molecular complexity index is 437. The fourth-order valence-electron chi connectivity index (χ4n) is 2.06. The molecule has 1 aliphatic heterocycles. The van der Waals surface area contributed by atoms with Crippen LogP contribution in [0.3, 0.4) is 0 Å². The van der Waals surface area contributed by atoms with Gasteiger partial charge in [0.1, 0.15) is 0 Å². The maximum absolute atomic E-state index is 13.0. The van der Waals surface area contributed by atoms with Gasteiger partial charge >= 0.3 is 0 Å². The molecule has 0 aliphatic carbocycles. The summed E-state index contributed by atoms with van der Waals surface area (Å²) in [6.07, 6.45) is 1.86. The van der Waals surface area contributed by atoms with Crippen LogP contribution in [-0.4, -0.2) is 19.0 Å². The van der Waals surface area contributed by atoms with Crippen molar-refractivity contribution in [3.8, 4) is 0 Å². The normalized spacial score (nSPS) is 18.5. The molecule has 1 saturated heterocycles. The number of benzene rings is 1. The van der Waals surface area contributed by atoms with E-state index >= 15 is 0 Å². The van der Waals surface area contributed by atoms with E-state index in [0.29, 0.717) is 12.1 Å². The predicted molar refractivity (Wildman–Crippen MR) is 71.0 cm³/mol. The highest BCUT2D eigenvalue weighted by Crippen LogP contribution is 2.11. The Kier molecular flexibility index (Phi) is 6.18. The summed E-state index contributed by atoms with van der Waals surface area (Å²) in [5, 5.41) is 5.91. The maximum atomic E-state index is 13.0. The van der Waals surface area contributed by atoms with Gasteiger partial charge in [-0.05, 0) is 37.1 Å². The lowest BCUT2D eigenvalue weighted by atomic mass is 9.99. The van der Waals surface area contributed by atoms with Crippen molar-refractivity contribution in [2.24, 2.45) is 5.92 Å². The van der Waals surface area contributed by atoms with Crippen LogP contribution >= 0.6 is 12.4 Å². The number of rotatable bonds is 3. The van der Waals surface area contributed by atoms with E-state index in [-0.39, 0.29) is 30.8 Å². The van der Waals surface area contributed by atoms with Crippen molar-refractivity contribution in [2.45, 2.75) is 19.4 Å². The summed E-state index contributed by atoms with van der Waals surface area (Å²) in [5.41, 5.74) is 0.561. The first-order chi connectivity index (χ1) is 8.66. The third-order valence-electron chi connectivity index (χ3n) is 3.12. The number of hydrogen-bond donors (Lipinski definition) is 2. The molecule has 1 atom stereocenters. The quantitative estimate of drug-likeness (QED) is 0.894. The Balaban J connectivity index is 0.00000180. The van der Waals surface area contributed by atoms with E-state index in [0.717, 1.165) is 31.5 Å². The molecule has 3 nitrogen and oxygen atoms in total. The monoisotopic (exact) mass is 290 g/mol. The Labute approximate surface area is 117 Å². The smallest absolute Gasteiger partial charge is 0.224 e. The van der Waals surface area contributed by atoms with Gasteiger partial charge in [0.05, 0.1) is 5.92 Å². The molecule has 1 amide bonds. The van der Waals surface area contributed by atoms with Crippen LogP contribution in [0.15, 0.2) is 18.2 Å². The average Bonchev–Trinajstić information content (AvgIpc) is 2.41. The summed E-state index contributed by atoms with van der Waals surface area (Å²) in [6, 6.07) is 3.64. The zero-order valence-electron chi connectivity index (χ0n) is 10.4. The molecule has 1 aromatic rings. The summed E-state index contributed by atoms with van der Waals surface area (Å²) in [5.74, 6) is -1.82. The van der Waals surface area contributed by atoms with Gasteiger partial charge in [0, 0.05) is 13.1 Å². The van der Waals surface area contributed by atoms with E-state index in [1.807, 2.05) is 0 Å². The van der Waals surface area contributed by atoms with Gasteiger partial charge in [-0.2, -0.15) is 0 Å². The SMILES string of the molecule is Cl.O=C(NCc1ccc(F)c(F)c1)C1CCCNC1. The first-order valence-corrected chi connectivity index (χ1v) is 6.09. The van der Waals surface area contributed by atoms with Crippen molar-refractivity contribution in [1.82, 2.24) is 10.6 Å². The minimum Gasteiger partial charge on any atom is -0.352 e. The van der Waals surface area contributed by atoms with Crippen LogP contribution in [0.25, 0.3) is 0 Å². The Morgan fingerprint density at radius 1 is 1.37 bits per heavy atom. The Hall–Kier alpha value is -1.20. The van der Waals surface area contributed by atoms with Gasteiger partial charge in [-0.25, -0.2) is 8.78 Å². The largest absolute Gasteiger partial charge is 0.352 e. The van der Waals surface area contributed by atoms with Crippen molar-refractivity contribution in [3.05, 3.63) is 35.4 Å². The second-order valence-electron chi connectivity index (χ2n) is 4.51. The summed E-state index contributed by atoms with van der Waals surface area (Å²) < 4.78 is 25.7. The summed E-state index contributed by atoms with van der Waals surface area (Å²) in [4.78, 5) is 11.8. The first-order valence-electron chi connectivity index (χ1n) is 6.09. The summed E-state index contributed by atoms with van der Waals surface area (Å²) in [6.45, 7) is 1.86. The fourth-order valence-corrected chi connectivity index (χ4v) is 2.06. The minimum atomic E-state index is -0.888. The van der Waals surface area contributed by atoms with Crippen molar-refractivity contribution in [3.63, 3.8) is 0 Å². The fraction of sp³-hybridized carbons (Fsp3) is 0.462. The number of halogens is 3. The van der Waals surface area contributed by atoms with E-state index in [2.05, 4.69) is 10.6 Å². The van der Waals surface area contributed by atoms with Crippen LogP contribution in [0, 0.1) is 17.6 Å². The van der Waals surface area contributed by atoms with Crippen molar-refractivity contribution < 1.29 is 13.6 Å². The van der Waals surface area contributed by atoms with Gasteiger partial charge in [0.2, 0.25) is 5.91 Å². The van der Waals surface area contributed by atoms with Gasteiger partial charge in [-0.15, -0.1) is 12.4 Å². The highest BCUT2D eigenvalue weighted by Gasteiger charge is 2.20. The Morgan fingerprint density at radius 2 is 2.16 bits per heavy atom. The standard InChI is InChI=1S/C13H16F2N2O.ClH/c14-11-4-3-9(6-12(11)15)7-17-13(18)10-2-1-5-16-8-10;/h3-4,6,10,16H,1-2,5,7-8H2,(H,17,18);1H. The van der Waals surface area contributed by atoms with Gasteiger partial charge in [0.25, 0.3) is 0 Å². The predicted octanol–water partition coefficient (Wildman–Crippen LogP) is 2.00. The molecular formula is C13H17ClF2N2O. The molecular weight excluding hydrogens is 274 g/mol. The van der Waals surface area contributed by atoms with Gasteiger partial charge in [-0.3, -0.25) is 4.79 Å². The summed E-state index contributed by atoms with van der Waals surface area (Å²) in [7, 11) is 0. The third-order valence-corrected chi connectivity index (χ3v) is 3.12. The van der Waals surface area contributed by atoms with Crippen molar-refractivity contribution in [1.29, 1.82) is 0 Å².